The van der Waals surface area contributed by atoms with Gasteiger partial charge in [-0.25, -0.2) is 4.57 Å². The van der Waals surface area contributed by atoms with Crippen molar-refractivity contribution in [1.82, 2.24) is 15.0 Å². The first-order valence-electron chi connectivity index (χ1n) is 10.7. The number of nitrogens with two attached hydrogens (primary N) is 1. The summed E-state index contributed by atoms with van der Waals surface area (Å²) in [5.41, 5.74) is 15.5. The summed E-state index contributed by atoms with van der Waals surface area (Å²) < 4.78 is 2.14. The van der Waals surface area contributed by atoms with Gasteiger partial charge in [0.1, 0.15) is 5.69 Å². The van der Waals surface area contributed by atoms with E-state index in [0.717, 1.165) is 53.8 Å². The summed E-state index contributed by atoms with van der Waals surface area (Å²) in [7, 11) is 0. The van der Waals surface area contributed by atoms with Crippen LogP contribution in [0.4, 0.5) is 28.8 Å². The molecule has 0 radical (unpaired) electrons. The van der Waals surface area contributed by atoms with E-state index in [0.29, 0.717) is 11.6 Å². The van der Waals surface area contributed by atoms with Crippen molar-refractivity contribution in [2.24, 2.45) is 5.92 Å². The number of nitrogen functional groups attached to an aromatic ring is 1. The Labute approximate surface area is 205 Å². The van der Waals surface area contributed by atoms with Crippen LogP contribution in [0, 0.1) is 5.92 Å². The summed E-state index contributed by atoms with van der Waals surface area (Å²) in [4.78, 5) is 12.9. The Morgan fingerprint density at radius 1 is 1.09 bits per heavy atom. The molecule has 0 unspecified atom stereocenters. The van der Waals surface area contributed by atoms with Crippen LogP contribution in [-0.2, 0) is 13.0 Å². The fourth-order valence-corrected chi connectivity index (χ4v) is 3.60. The highest BCUT2D eigenvalue weighted by Crippen LogP contribution is 2.29. The smallest absolute Gasteiger partial charge is 0.309 e. The standard InChI is InChI=1S/C23H26N8.2ClH/c24-17-8-6-15(7-9-17)10-11-31-14-27-20-21(28-19-3-1-2-18(25)12-19)29-23(30-22(20)31)26-13-16-4-5-16;;/h1-3,6-9,12,14,16H,4-5,10-11,13,24-25H2,(H2,26,28,29,30);2*1H. The molecule has 1 aliphatic rings. The van der Waals surface area contributed by atoms with Gasteiger partial charge < -0.3 is 46.9 Å². The van der Waals surface area contributed by atoms with E-state index in [1.165, 1.54) is 18.4 Å². The van der Waals surface area contributed by atoms with Crippen LogP contribution in [0.25, 0.3) is 11.2 Å². The number of hydrogen-bond donors (Lipinski definition) is 5. The lowest BCUT2D eigenvalue weighted by Gasteiger charge is -2.08. The Kier molecular flexibility index (Phi) is 7.97. The Morgan fingerprint density at radius 2 is 1.88 bits per heavy atom. The number of H-pyrrole nitrogens is 1. The van der Waals surface area contributed by atoms with E-state index in [1.54, 1.807) is 0 Å². The van der Waals surface area contributed by atoms with Crippen molar-refractivity contribution in [3.8, 4) is 0 Å². The quantitative estimate of drug-likeness (QED) is 0.131. The number of aromatic amines is 1. The summed E-state index contributed by atoms with van der Waals surface area (Å²) in [6.07, 6.45) is 5.43. The molecule has 1 aliphatic carbocycles. The number of rotatable bonds is 8. The van der Waals surface area contributed by atoms with Crippen LogP contribution in [-0.4, -0.2) is 21.5 Å². The molecule has 8 nitrogen and oxygen atoms in total. The van der Waals surface area contributed by atoms with Gasteiger partial charge in [-0.3, -0.25) is 4.98 Å². The zero-order valence-corrected chi connectivity index (χ0v) is 19.7. The van der Waals surface area contributed by atoms with Crippen LogP contribution < -0.4 is 51.5 Å². The Morgan fingerprint density at radius 3 is 2.61 bits per heavy atom. The maximum Gasteiger partial charge on any atom is 0.309 e. The van der Waals surface area contributed by atoms with Gasteiger partial charge >= 0.3 is 11.6 Å². The predicted octanol–water partition coefficient (Wildman–Crippen LogP) is -3.48. The second-order valence-electron chi connectivity index (χ2n) is 8.20. The molecular formula is C23H28Cl2N8. The molecule has 0 spiro atoms. The molecule has 33 heavy (non-hydrogen) atoms. The van der Waals surface area contributed by atoms with Crippen LogP contribution in [0.3, 0.4) is 0 Å². The molecule has 2 heterocycles. The summed E-state index contributed by atoms with van der Waals surface area (Å²) >= 11 is 0. The zero-order chi connectivity index (χ0) is 21.2. The number of halogens is 2. The minimum Gasteiger partial charge on any atom is -1.00 e. The third-order valence-corrected chi connectivity index (χ3v) is 5.59. The van der Waals surface area contributed by atoms with Gasteiger partial charge in [0.05, 0.1) is 6.54 Å². The fraction of sp³-hybridized carbons (Fsp3) is 0.261. The number of imidazole rings is 1. The number of hydrogen-bond acceptors (Lipinski definition) is 5. The summed E-state index contributed by atoms with van der Waals surface area (Å²) in [5, 5.41) is 6.81. The first-order valence-corrected chi connectivity index (χ1v) is 10.7. The minimum absolute atomic E-state index is 0. The second kappa shape index (κ2) is 10.7. The van der Waals surface area contributed by atoms with Crippen LogP contribution >= 0.6 is 0 Å². The van der Waals surface area contributed by atoms with E-state index in [1.807, 2.05) is 42.7 Å². The lowest BCUT2D eigenvalue weighted by Crippen LogP contribution is -3.00. The highest BCUT2D eigenvalue weighted by Gasteiger charge is 2.24. The van der Waals surface area contributed by atoms with E-state index in [9.17, 15) is 0 Å². The van der Waals surface area contributed by atoms with Crippen molar-refractivity contribution in [3.05, 3.63) is 60.4 Å². The number of fused-ring (bicyclic) bond motifs is 1. The second-order valence-corrected chi connectivity index (χ2v) is 8.20. The van der Waals surface area contributed by atoms with Gasteiger partial charge in [0.15, 0.2) is 12.1 Å². The van der Waals surface area contributed by atoms with Crippen molar-refractivity contribution < 1.29 is 35.1 Å². The van der Waals surface area contributed by atoms with Gasteiger partial charge in [0.25, 0.3) is 0 Å². The first-order chi connectivity index (χ1) is 15.1. The number of aryl methyl sites for hydroxylation is 2. The van der Waals surface area contributed by atoms with Crippen LogP contribution in [0.15, 0.2) is 54.9 Å². The molecule has 1 saturated carbocycles. The first kappa shape index (κ1) is 24.6. The van der Waals surface area contributed by atoms with Crippen LogP contribution in [0.1, 0.15) is 18.4 Å². The van der Waals surface area contributed by atoms with Gasteiger partial charge in [0, 0.05) is 24.3 Å². The fourth-order valence-electron chi connectivity index (χ4n) is 3.60. The highest BCUT2D eigenvalue weighted by molar-refractivity contribution is 5.84. The molecule has 4 aromatic rings. The number of nitrogens with one attached hydrogen (secondary N) is 3. The molecule has 1 fully saturated rings. The van der Waals surface area contributed by atoms with E-state index >= 15 is 0 Å². The molecule has 0 saturated heterocycles. The molecule has 2 aromatic heterocycles. The third kappa shape index (κ3) is 6.04. The van der Waals surface area contributed by atoms with Crippen LogP contribution in [0.5, 0.6) is 0 Å². The van der Waals surface area contributed by atoms with Gasteiger partial charge in [-0.05, 0) is 54.7 Å². The summed E-state index contributed by atoms with van der Waals surface area (Å²) in [5.74, 6) is 2.11. The van der Waals surface area contributed by atoms with Gasteiger partial charge in [0.2, 0.25) is 5.52 Å². The molecule has 0 amide bonds. The molecule has 0 aliphatic heterocycles. The molecule has 10 heteroatoms. The topological polar surface area (TPSA) is 123 Å². The normalized spacial score (nSPS) is 12.6. The summed E-state index contributed by atoms with van der Waals surface area (Å²) in [6.45, 7) is 1.72. The highest BCUT2D eigenvalue weighted by atomic mass is 35.5. The lowest BCUT2D eigenvalue weighted by atomic mass is 10.1. The average molecular weight is 487 g/mol. The summed E-state index contributed by atoms with van der Waals surface area (Å²) in [6, 6.07) is 16.0. The van der Waals surface area contributed by atoms with E-state index in [2.05, 4.69) is 38.1 Å². The molecule has 174 valence electrons. The van der Waals surface area contributed by atoms with E-state index in [-0.39, 0.29) is 24.8 Å². The van der Waals surface area contributed by atoms with Crippen LogP contribution in [0.2, 0.25) is 0 Å². The largest absolute Gasteiger partial charge is 1.00 e. The Hall–Kier alpha value is -3.07. The maximum absolute atomic E-state index is 5.95. The number of anilines is 4. The molecule has 0 bridgehead atoms. The SMILES string of the molecule is Nc1cccc(Nc2nc(NCC3CC3)nc3c2[nH]c[n+]3CCc2ccc([NH3+])cc2)c1.[Cl-].[Cl-]. The van der Waals surface area contributed by atoms with E-state index in [4.69, 9.17) is 15.7 Å². The Bertz CT molecular complexity index is 1210. The molecule has 5 rings (SSSR count). The third-order valence-electron chi connectivity index (χ3n) is 5.59. The van der Waals surface area contributed by atoms with Gasteiger partial charge in [-0.15, -0.1) is 0 Å². The van der Waals surface area contributed by atoms with Crippen molar-refractivity contribution in [2.45, 2.75) is 25.8 Å². The van der Waals surface area contributed by atoms with Crippen molar-refractivity contribution in [2.75, 3.05) is 22.9 Å². The molecular weight excluding hydrogens is 459 g/mol. The lowest BCUT2D eigenvalue weighted by molar-refractivity contribution is -0.672. The molecule has 2 aromatic carbocycles. The van der Waals surface area contributed by atoms with Gasteiger partial charge in [-0.2, -0.15) is 4.98 Å². The average Bonchev–Trinajstić information content (AvgIpc) is 3.51. The maximum atomic E-state index is 5.95. The number of benzene rings is 2. The monoisotopic (exact) mass is 486 g/mol. The molecule has 0 atom stereocenters. The number of aromatic nitrogens is 4. The molecule has 8 N–H and O–H groups in total. The van der Waals surface area contributed by atoms with Crippen molar-refractivity contribution in [3.63, 3.8) is 0 Å². The minimum atomic E-state index is 0. The number of nitrogens with zero attached hydrogens (tertiary/aromatic N) is 3. The van der Waals surface area contributed by atoms with Crippen molar-refractivity contribution in [1.29, 1.82) is 0 Å². The Balaban J connectivity index is 0.00000153. The predicted molar refractivity (Wildman–Crippen MR) is 122 cm³/mol. The zero-order valence-electron chi connectivity index (χ0n) is 18.2. The van der Waals surface area contributed by atoms with Crippen molar-refractivity contribution >= 4 is 40.0 Å². The number of quaternary nitrogens is 1. The van der Waals surface area contributed by atoms with E-state index < -0.39 is 0 Å². The van der Waals surface area contributed by atoms with Gasteiger partial charge in [-0.1, -0.05) is 23.2 Å².